The third kappa shape index (κ3) is 4.38. The van der Waals surface area contributed by atoms with Crippen molar-refractivity contribution >= 4 is 40.2 Å². The van der Waals surface area contributed by atoms with Gasteiger partial charge in [-0.25, -0.2) is 0 Å². The van der Waals surface area contributed by atoms with Gasteiger partial charge in [0, 0.05) is 22.9 Å². The van der Waals surface area contributed by atoms with Crippen molar-refractivity contribution < 1.29 is 0 Å². The fraction of sp³-hybridized carbons (Fsp3) is 0. The van der Waals surface area contributed by atoms with Gasteiger partial charge in [0.05, 0.1) is 0 Å². The normalized spacial score (nSPS) is 7.50. The van der Waals surface area contributed by atoms with E-state index >= 15 is 0 Å². The molecule has 0 fully saturated rings. The number of hydrogen-bond donors (Lipinski definition) is 3. The van der Waals surface area contributed by atoms with Crippen LogP contribution in [0.5, 0.6) is 0 Å². The van der Waals surface area contributed by atoms with E-state index in [1.807, 2.05) is 22.9 Å². The molecule has 0 aromatic rings. The molecule has 0 aliphatic carbocycles. The summed E-state index contributed by atoms with van der Waals surface area (Å²) in [5, 5.41) is 0.254. The van der Waals surface area contributed by atoms with Crippen molar-refractivity contribution in [3.05, 3.63) is 0 Å². The number of halogens is 1. The smallest absolute Gasteiger partial charge is 0.178 e. The van der Waals surface area contributed by atoms with E-state index in [4.69, 9.17) is 5.73 Å². The van der Waals surface area contributed by atoms with Gasteiger partial charge in [-0.15, -0.1) is 0 Å². The summed E-state index contributed by atoms with van der Waals surface area (Å²) in [5.74, 6) is 0. The minimum atomic E-state index is 0.254. The van der Waals surface area contributed by atoms with Crippen molar-refractivity contribution in [1.82, 2.24) is 9.06 Å². The first-order valence-electron chi connectivity index (χ1n) is 1.18. The zero-order chi connectivity index (χ0) is 4.99. The van der Waals surface area contributed by atoms with Gasteiger partial charge < -0.3 is 5.73 Å². The van der Waals surface area contributed by atoms with Crippen molar-refractivity contribution in [2.24, 2.45) is 5.73 Å². The van der Waals surface area contributed by atoms with Crippen LogP contribution in [0.25, 0.3) is 0 Å². The number of hydrazine groups is 1. The first-order chi connectivity index (χ1) is 2.77. The molecule has 0 rings (SSSR count). The lowest BCUT2D eigenvalue weighted by molar-refractivity contribution is 0.971. The van der Waals surface area contributed by atoms with Crippen LogP contribution in [0, 0.1) is 0 Å². The minimum Gasteiger partial charge on any atom is -0.375 e. The standard InChI is InChI=1S/CH4IN3S/c2-5-4-1(3)6/h5H,(H3,3,4,6). The molecule has 4 N–H and O–H groups in total. The molecule has 36 valence electrons. The van der Waals surface area contributed by atoms with Crippen LogP contribution >= 0.6 is 35.1 Å². The third-order valence-corrected chi connectivity index (χ3v) is 0.542. The second-order valence-corrected chi connectivity index (χ2v) is 1.56. The Morgan fingerprint density at radius 2 is 2.33 bits per heavy atom. The van der Waals surface area contributed by atoms with E-state index in [1.54, 1.807) is 0 Å². The molecule has 0 heterocycles. The molecule has 0 saturated carbocycles. The highest BCUT2D eigenvalue weighted by Gasteiger charge is 1.73. The molecule has 0 atom stereocenters. The Kier molecular flexibility index (Phi) is 3.79. The van der Waals surface area contributed by atoms with Gasteiger partial charge in [0.2, 0.25) is 0 Å². The molecule has 5 heteroatoms. The van der Waals surface area contributed by atoms with E-state index in [2.05, 4.69) is 21.3 Å². The summed E-state index contributed by atoms with van der Waals surface area (Å²) in [6.07, 6.45) is 0. The molecule has 0 aliphatic heterocycles. The topological polar surface area (TPSA) is 50.1 Å². The molecule has 0 aromatic heterocycles. The first kappa shape index (κ1) is 6.38. The third-order valence-electron chi connectivity index (χ3n) is 0.170. The number of nitrogens with two attached hydrogens (primary N) is 1. The molecule has 0 aromatic carbocycles. The molecular formula is CH4IN3S. The van der Waals surface area contributed by atoms with E-state index in [-0.39, 0.29) is 5.11 Å². The molecule has 3 nitrogen and oxygen atoms in total. The summed E-state index contributed by atoms with van der Waals surface area (Å²) < 4.78 is 2.52. The van der Waals surface area contributed by atoms with E-state index in [9.17, 15) is 0 Å². The van der Waals surface area contributed by atoms with Crippen LogP contribution in [0.3, 0.4) is 0 Å². The summed E-state index contributed by atoms with van der Waals surface area (Å²) in [6, 6.07) is 0. The lowest BCUT2D eigenvalue weighted by Gasteiger charge is -1.93. The average Bonchev–Trinajstić information content (AvgIpc) is 1.35. The van der Waals surface area contributed by atoms with Gasteiger partial charge in [0.15, 0.2) is 5.11 Å². The molecule has 0 aliphatic rings. The van der Waals surface area contributed by atoms with Gasteiger partial charge in [-0.2, -0.15) is 3.64 Å². The van der Waals surface area contributed by atoms with Crippen molar-refractivity contribution in [3.63, 3.8) is 0 Å². The van der Waals surface area contributed by atoms with Gasteiger partial charge in [-0.3, -0.25) is 5.43 Å². The number of thiocarbonyl (C=S) groups is 1. The molecule has 0 spiro atoms. The number of rotatable bonds is 1. The maximum Gasteiger partial charge on any atom is 0.178 e. The zero-order valence-electron chi connectivity index (χ0n) is 2.86. The van der Waals surface area contributed by atoms with Crippen molar-refractivity contribution in [1.29, 1.82) is 0 Å². The van der Waals surface area contributed by atoms with E-state index in [0.717, 1.165) is 0 Å². The van der Waals surface area contributed by atoms with Crippen molar-refractivity contribution in [3.8, 4) is 0 Å². The lowest BCUT2D eigenvalue weighted by atomic mass is 11.2. The first-order valence-corrected chi connectivity index (χ1v) is 2.67. The van der Waals surface area contributed by atoms with Crippen LogP contribution in [0.4, 0.5) is 0 Å². The highest BCUT2D eigenvalue weighted by atomic mass is 127. The molecule has 0 saturated heterocycles. The molecule has 0 bridgehead atoms. The molecule has 0 amide bonds. The van der Waals surface area contributed by atoms with Crippen LogP contribution in [-0.2, 0) is 0 Å². The van der Waals surface area contributed by atoms with Crippen LogP contribution in [0.2, 0.25) is 0 Å². The maximum absolute atomic E-state index is 4.96. The largest absolute Gasteiger partial charge is 0.375 e. The van der Waals surface area contributed by atoms with Crippen molar-refractivity contribution in [2.45, 2.75) is 0 Å². The Hall–Kier alpha value is 0.380. The quantitative estimate of drug-likeness (QED) is 0.244. The van der Waals surface area contributed by atoms with E-state index in [0.29, 0.717) is 0 Å². The molecular weight excluding hydrogens is 213 g/mol. The van der Waals surface area contributed by atoms with E-state index < -0.39 is 0 Å². The Morgan fingerprint density at radius 1 is 1.83 bits per heavy atom. The highest BCUT2D eigenvalue weighted by Crippen LogP contribution is 1.58. The summed E-state index contributed by atoms with van der Waals surface area (Å²) in [7, 11) is 0. The molecule has 0 unspecified atom stereocenters. The van der Waals surface area contributed by atoms with Crippen LogP contribution in [0.15, 0.2) is 0 Å². The zero-order valence-corrected chi connectivity index (χ0v) is 5.84. The predicted molar refractivity (Wildman–Crippen MR) is 37.1 cm³/mol. The number of hydrogen-bond acceptors (Lipinski definition) is 2. The summed E-state index contributed by atoms with van der Waals surface area (Å²) in [5.41, 5.74) is 7.41. The van der Waals surface area contributed by atoms with Crippen LogP contribution in [0.1, 0.15) is 0 Å². The van der Waals surface area contributed by atoms with Crippen LogP contribution in [-0.4, -0.2) is 5.11 Å². The monoisotopic (exact) mass is 217 g/mol. The Morgan fingerprint density at radius 3 is 2.33 bits per heavy atom. The lowest BCUT2D eigenvalue weighted by Crippen LogP contribution is -2.34. The summed E-state index contributed by atoms with van der Waals surface area (Å²) in [6.45, 7) is 0. The van der Waals surface area contributed by atoms with Gasteiger partial charge in [0.25, 0.3) is 0 Å². The van der Waals surface area contributed by atoms with Gasteiger partial charge in [0.1, 0.15) is 0 Å². The fourth-order valence-electron chi connectivity index (χ4n) is 0.0466. The fourth-order valence-corrected chi connectivity index (χ4v) is 0.571. The van der Waals surface area contributed by atoms with Crippen LogP contribution < -0.4 is 14.8 Å². The molecule has 0 radical (unpaired) electrons. The summed E-state index contributed by atoms with van der Waals surface area (Å²) >= 11 is 6.27. The Bertz CT molecular complexity index is 54.8. The Balaban J connectivity index is 2.83. The second kappa shape index (κ2) is 3.57. The van der Waals surface area contributed by atoms with E-state index in [1.165, 1.54) is 0 Å². The predicted octanol–water partition coefficient (Wildman–Crippen LogP) is -0.326. The van der Waals surface area contributed by atoms with Gasteiger partial charge in [-0.05, 0) is 12.2 Å². The Labute approximate surface area is 55.1 Å². The minimum absolute atomic E-state index is 0.254. The number of nitrogens with one attached hydrogen (secondary N) is 2. The second-order valence-electron chi connectivity index (χ2n) is 0.584. The maximum atomic E-state index is 4.96. The summed E-state index contributed by atoms with van der Waals surface area (Å²) in [4.78, 5) is 0. The average molecular weight is 217 g/mol. The molecule has 6 heavy (non-hydrogen) atoms. The van der Waals surface area contributed by atoms with Gasteiger partial charge in [-0.1, -0.05) is 0 Å². The van der Waals surface area contributed by atoms with Crippen molar-refractivity contribution in [2.75, 3.05) is 0 Å². The van der Waals surface area contributed by atoms with Gasteiger partial charge >= 0.3 is 0 Å². The SMILES string of the molecule is NC(=S)NNI. The highest BCUT2D eigenvalue weighted by molar-refractivity contribution is 14.1.